The van der Waals surface area contributed by atoms with Gasteiger partial charge in [-0.3, -0.25) is 19.2 Å². The summed E-state index contributed by atoms with van der Waals surface area (Å²) in [6.07, 6.45) is 3.35. The SMILES string of the molecule is CCCOCCOCC(=O)NCCOCCOCC(=O)NCCCC[C@H](CC(=O)C(C)(C)C)C(C)=O. The molecule has 0 saturated heterocycles. The average Bonchev–Trinajstić information content (AvgIpc) is 2.81. The Morgan fingerprint density at radius 1 is 0.722 bits per heavy atom. The zero-order valence-corrected chi connectivity index (χ0v) is 22.9. The van der Waals surface area contributed by atoms with Gasteiger partial charge in [-0.15, -0.1) is 0 Å². The van der Waals surface area contributed by atoms with Crippen molar-refractivity contribution in [3.63, 3.8) is 0 Å². The van der Waals surface area contributed by atoms with Crippen molar-refractivity contribution in [2.75, 3.05) is 65.9 Å². The van der Waals surface area contributed by atoms with Gasteiger partial charge in [0.2, 0.25) is 11.8 Å². The lowest BCUT2D eigenvalue weighted by molar-refractivity contribution is -0.131. The van der Waals surface area contributed by atoms with Crippen LogP contribution in [0.5, 0.6) is 0 Å². The van der Waals surface area contributed by atoms with E-state index in [4.69, 9.17) is 18.9 Å². The minimum atomic E-state index is -0.443. The van der Waals surface area contributed by atoms with Gasteiger partial charge in [-0.2, -0.15) is 0 Å². The first kappa shape index (κ1) is 34.1. The molecular weight excluding hydrogens is 468 g/mol. The van der Waals surface area contributed by atoms with E-state index in [1.54, 1.807) is 0 Å². The number of carbonyl (C=O) groups is 4. The number of ether oxygens (including phenoxy) is 4. The molecule has 2 amide bonds. The highest BCUT2D eigenvalue weighted by molar-refractivity contribution is 5.89. The van der Waals surface area contributed by atoms with E-state index in [-0.39, 0.29) is 55.5 Å². The van der Waals surface area contributed by atoms with Crippen LogP contribution >= 0.6 is 0 Å². The Morgan fingerprint density at radius 3 is 1.78 bits per heavy atom. The highest BCUT2D eigenvalue weighted by Crippen LogP contribution is 2.23. The molecule has 2 N–H and O–H groups in total. The van der Waals surface area contributed by atoms with Crippen LogP contribution in [0.2, 0.25) is 0 Å². The van der Waals surface area contributed by atoms with Crippen molar-refractivity contribution < 1.29 is 38.1 Å². The van der Waals surface area contributed by atoms with Crippen LogP contribution in [0.25, 0.3) is 0 Å². The van der Waals surface area contributed by atoms with Crippen LogP contribution < -0.4 is 10.6 Å². The van der Waals surface area contributed by atoms with Gasteiger partial charge in [0, 0.05) is 37.5 Å². The van der Waals surface area contributed by atoms with Crippen molar-refractivity contribution in [1.29, 1.82) is 0 Å². The molecule has 0 unspecified atom stereocenters. The third-order valence-electron chi connectivity index (χ3n) is 5.27. The Bertz CT molecular complexity index is 634. The molecule has 0 spiro atoms. The topological polar surface area (TPSA) is 129 Å². The predicted molar refractivity (Wildman–Crippen MR) is 137 cm³/mol. The zero-order chi connectivity index (χ0) is 27.2. The second-order valence-electron chi connectivity index (χ2n) is 9.71. The first-order chi connectivity index (χ1) is 17.1. The number of ketones is 2. The first-order valence-electron chi connectivity index (χ1n) is 13.0. The first-order valence-corrected chi connectivity index (χ1v) is 13.0. The van der Waals surface area contributed by atoms with Crippen LogP contribution in [-0.4, -0.2) is 89.3 Å². The van der Waals surface area contributed by atoms with Crippen LogP contribution in [0.4, 0.5) is 0 Å². The Balaban J connectivity index is 3.63. The molecule has 0 aromatic heterocycles. The van der Waals surface area contributed by atoms with Gasteiger partial charge in [-0.25, -0.2) is 0 Å². The number of nitrogens with one attached hydrogen (secondary N) is 2. The molecule has 0 saturated carbocycles. The van der Waals surface area contributed by atoms with Gasteiger partial charge in [0.25, 0.3) is 0 Å². The van der Waals surface area contributed by atoms with Gasteiger partial charge >= 0.3 is 0 Å². The molecule has 0 radical (unpaired) electrons. The molecule has 0 aromatic rings. The lowest BCUT2D eigenvalue weighted by Gasteiger charge is -2.20. The van der Waals surface area contributed by atoms with Gasteiger partial charge in [-0.1, -0.05) is 34.1 Å². The van der Waals surface area contributed by atoms with Crippen molar-refractivity contribution in [3.8, 4) is 0 Å². The summed E-state index contributed by atoms with van der Waals surface area (Å²) in [7, 11) is 0. The van der Waals surface area contributed by atoms with Crippen LogP contribution in [-0.2, 0) is 38.1 Å². The number of Topliss-reactive ketones (excluding diaryl/α,β-unsaturated/α-hetero) is 2. The largest absolute Gasteiger partial charge is 0.379 e. The van der Waals surface area contributed by atoms with Crippen molar-refractivity contribution in [3.05, 3.63) is 0 Å². The fraction of sp³-hybridized carbons (Fsp3) is 0.846. The van der Waals surface area contributed by atoms with Crippen LogP contribution in [0.1, 0.15) is 66.7 Å². The van der Waals surface area contributed by atoms with Gasteiger partial charge < -0.3 is 29.6 Å². The van der Waals surface area contributed by atoms with E-state index in [1.807, 2.05) is 27.7 Å². The Morgan fingerprint density at radius 2 is 1.25 bits per heavy atom. The number of carbonyl (C=O) groups excluding carboxylic acids is 4. The zero-order valence-electron chi connectivity index (χ0n) is 22.9. The molecule has 0 aliphatic heterocycles. The second kappa shape index (κ2) is 21.2. The average molecular weight is 517 g/mol. The fourth-order valence-corrected chi connectivity index (χ4v) is 3.00. The van der Waals surface area contributed by atoms with Gasteiger partial charge in [0.1, 0.15) is 24.8 Å². The van der Waals surface area contributed by atoms with Gasteiger partial charge in [-0.05, 0) is 26.2 Å². The van der Waals surface area contributed by atoms with E-state index in [9.17, 15) is 19.2 Å². The Kier molecular flexibility index (Phi) is 20.1. The fourth-order valence-electron chi connectivity index (χ4n) is 3.00. The highest BCUT2D eigenvalue weighted by atomic mass is 16.5. The van der Waals surface area contributed by atoms with E-state index in [0.29, 0.717) is 52.5 Å². The maximum Gasteiger partial charge on any atom is 0.246 e. The Labute approximate surface area is 216 Å². The molecule has 36 heavy (non-hydrogen) atoms. The molecule has 10 heteroatoms. The molecule has 10 nitrogen and oxygen atoms in total. The number of amides is 2. The third-order valence-corrected chi connectivity index (χ3v) is 5.27. The molecule has 0 bridgehead atoms. The van der Waals surface area contributed by atoms with Crippen LogP contribution in [0.15, 0.2) is 0 Å². The van der Waals surface area contributed by atoms with Crippen molar-refractivity contribution >= 4 is 23.4 Å². The summed E-state index contributed by atoms with van der Waals surface area (Å²) in [5, 5.41) is 5.47. The molecule has 0 heterocycles. The van der Waals surface area contributed by atoms with Crippen molar-refractivity contribution in [2.45, 2.75) is 66.7 Å². The van der Waals surface area contributed by atoms with E-state index < -0.39 is 5.41 Å². The summed E-state index contributed by atoms with van der Waals surface area (Å²) in [5.41, 5.74) is -0.443. The normalized spacial score (nSPS) is 12.2. The summed E-state index contributed by atoms with van der Waals surface area (Å²) in [6.45, 7) is 12.4. The third kappa shape index (κ3) is 20.3. The molecule has 0 rings (SSSR count). The smallest absolute Gasteiger partial charge is 0.246 e. The standard InChI is InChI=1S/C26H48N2O8/c1-6-12-33-14-16-35-20-25(32)28-11-13-34-15-17-36-19-24(31)27-10-8-7-9-22(21(2)29)18-23(30)26(3,4)5/h22H,6-20H2,1-5H3,(H,27,31)(H,28,32)/t22-/m1/s1. The number of rotatable bonds is 23. The molecule has 0 aliphatic carbocycles. The minimum absolute atomic E-state index is 0.0120. The molecular formula is C26H48N2O8. The Hall–Kier alpha value is -1.88. The van der Waals surface area contributed by atoms with E-state index >= 15 is 0 Å². The summed E-state index contributed by atoms with van der Waals surface area (Å²) < 4.78 is 21.1. The molecule has 210 valence electrons. The van der Waals surface area contributed by atoms with E-state index in [0.717, 1.165) is 19.3 Å². The van der Waals surface area contributed by atoms with E-state index in [1.165, 1.54) is 6.92 Å². The molecule has 1 atom stereocenters. The summed E-state index contributed by atoms with van der Waals surface area (Å²) >= 11 is 0. The van der Waals surface area contributed by atoms with Crippen molar-refractivity contribution in [1.82, 2.24) is 10.6 Å². The van der Waals surface area contributed by atoms with Crippen LogP contribution in [0.3, 0.4) is 0 Å². The maximum absolute atomic E-state index is 12.2. The number of hydrogen-bond donors (Lipinski definition) is 2. The monoisotopic (exact) mass is 516 g/mol. The predicted octanol–water partition coefficient (Wildman–Crippen LogP) is 2.08. The van der Waals surface area contributed by atoms with Crippen LogP contribution in [0, 0.1) is 11.3 Å². The molecule has 0 aromatic carbocycles. The number of unbranched alkanes of at least 4 members (excludes halogenated alkanes) is 1. The second-order valence-corrected chi connectivity index (χ2v) is 9.71. The number of hydrogen-bond acceptors (Lipinski definition) is 8. The van der Waals surface area contributed by atoms with Gasteiger partial charge in [0.05, 0.1) is 33.0 Å². The summed E-state index contributed by atoms with van der Waals surface area (Å²) in [6, 6.07) is 0. The summed E-state index contributed by atoms with van der Waals surface area (Å²) in [4.78, 5) is 47.4. The lowest BCUT2D eigenvalue weighted by atomic mass is 9.82. The van der Waals surface area contributed by atoms with Crippen molar-refractivity contribution in [2.24, 2.45) is 11.3 Å². The molecule has 0 fully saturated rings. The highest BCUT2D eigenvalue weighted by Gasteiger charge is 2.26. The quantitative estimate of drug-likeness (QED) is 0.198. The summed E-state index contributed by atoms with van der Waals surface area (Å²) in [5.74, 6) is -0.554. The minimum Gasteiger partial charge on any atom is -0.379 e. The maximum atomic E-state index is 12.2. The van der Waals surface area contributed by atoms with Gasteiger partial charge in [0.15, 0.2) is 0 Å². The molecule has 0 aliphatic rings. The van der Waals surface area contributed by atoms with E-state index in [2.05, 4.69) is 10.6 Å². The lowest BCUT2D eigenvalue weighted by Crippen LogP contribution is -2.31.